The van der Waals surface area contributed by atoms with Crippen molar-refractivity contribution in [2.45, 2.75) is 12.5 Å². The van der Waals surface area contributed by atoms with Crippen molar-refractivity contribution in [3.05, 3.63) is 80.6 Å². The normalized spacial score (nSPS) is 15.2. The molecule has 2 aliphatic rings. The highest BCUT2D eigenvalue weighted by Gasteiger charge is 2.37. The summed E-state index contributed by atoms with van der Waals surface area (Å²) in [5, 5.41) is 0.622. The van der Waals surface area contributed by atoms with E-state index in [0.717, 1.165) is 5.56 Å². The molecular formula is C23H19BrClNO6. The highest BCUT2D eigenvalue weighted by Crippen LogP contribution is 2.45. The summed E-state index contributed by atoms with van der Waals surface area (Å²) >= 11 is 9.52. The summed E-state index contributed by atoms with van der Waals surface area (Å²) in [7, 11) is 2.60. The Balaban J connectivity index is 1.80. The van der Waals surface area contributed by atoms with Gasteiger partial charge in [0, 0.05) is 28.4 Å². The van der Waals surface area contributed by atoms with Gasteiger partial charge in [-0.05, 0) is 35.4 Å². The monoisotopic (exact) mass is 519 g/mol. The average Bonchev–Trinajstić information content (AvgIpc) is 3.25. The third kappa shape index (κ3) is 4.33. The van der Waals surface area contributed by atoms with Gasteiger partial charge >= 0.3 is 11.9 Å². The van der Waals surface area contributed by atoms with E-state index in [4.69, 9.17) is 30.5 Å². The third-order valence-electron chi connectivity index (χ3n) is 5.16. The molecule has 0 aromatic heterocycles. The summed E-state index contributed by atoms with van der Waals surface area (Å²) in [5.74, 6) is -0.751. The molecule has 0 unspecified atom stereocenters. The maximum atomic E-state index is 12.8. The van der Waals surface area contributed by atoms with Gasteiger partial charge in [0.25, 0.3) is 0 Å². The minimum Gasteiger partial charge on any atom is -0.466 e. The van der Waals surface area contributed by atoms with Gasteiger partial charge in [-0.25, -0.2) is 9.59 Å². The standard InChI is InChI=1S/C23H19BrClNO6/c1-29-22(27)16-10-26(9-13-3-5-14(25)6-4-13)11-17(23(28)30-2)21(16)15-7-19-20(8-18(15)24)32-12-31-19/h3-8,10-11,21H,9,12H2,1-2H3. The third-order valence-corrected chi connectivity index (χ3v) is 6.09. The Bertz CT molecular complexity index is 1090. The van der Waals surface area contributed by atoms with E-state index in [9.17, 15) is 9.59 Å². The van der Waals surface area contributed by atoms with Crippen LogP contribution in [-0.2, 0) is 25.6 Å². The van der Waals surface area contributed by atoms with E-state index in [1.54, 1.807) is 41.6 Å². The molecule has 7 nitrogen and oxygen atoms in total. The van der Waals surface area contributed by atoms with Crippen molar-refractivity contribution in [3.8, 4) is 11.5 Å². The number of rotatable bonds is 5. The van der Waals surface area contributed by atoms with Gasteiger partial charge in [-0.1, -0.05) is 39.7 Å². The molecular weight excluding hydrogens is 502 g/mol. The van der Waals surface area contributed by atoms with Crippen molar-refractivity contribution in [1.29, 1.82) is 0 Å². The van der Waals surface area contributed by atoms with Crippen LogP contribution in [0.4, 0.5) is 0 Å². The molecule has 2 aliphatic heterocycles. The lowest BCUT2D eigenvalue weighted by Crippen LogP contribution is -2.28. The van der Waals surface area contributed by atoms with E-state index in [1.807, 2.05) is 12.1 Å². The lowest BCUT2D eigenvalue weighted by Gasteiger charge is -2.30. The number of carbonyl (C=O) groups is 2. The number of halogens is 2. The van der Waals surface area contributed by atoms with Crippen molar-refractivity contribution in [3.63, 3.8) is 0 Å². The van der Waals surface area contributed by atoms with Crippen molar-refractivity contribution in [1.82, 2.24) is 4.90 Å². The lowest BCUT2D eigenvalue weighted by molar-refractivity contribution is -0.137. The first kappa shape index (κ1) is 22.2. The molecule has 0 atom stereocenters. The number of hydrogen-bond donors (Lipinski definition) is 0. The van der Waals surface area contributed by atoms with Gasteiger partial charge in [0.15, 0.2) is 11.5 Å². The molecule has 4 rings (SSSR count). The van der Waals surface area contributed by atoms with Crippen LogP contribution in [0.5, 0.6) is 11.5 Å². The number of carbonyl (C=O) groups excluding carboxylic acids is 2. The quantitative estimate of drug-likeness (QED) is 0.536. The second-order valence-electron chi connectivity index (χ2n) is 7.11. The predicted molar refractivity (Wildman–Crippen MR) is 120 cm³/mol. The molecule has 32 heavy (non-hydrogen) atoms. The van der Waals surface area contributed by atoms with Crippen LogP contribution in [-0.4, -0.2) is 37.9 Å². The van der Waals surface area contributed by atoms with Crippen molar-refractivity contribution < 1.29 is 28.5 Å². The summed E-state index contributed by atoms with van der Waals surface area (Å²) in [6.07, 6.45) is 3.35. The Labute approximate surface area is 198 Å². The Hall–Kier alpha value is -2.97. The fraction of sp³-hybridized carbons (Fsp3) is 0.217. The zero-order chi connectivity index (χ0) is 22.8. The van der Waals surface area contributed by atoms with E-state index in [-0.39, 0.29) is 17.9 Å². The molecule has 0 spiro atoms. The number of hydrogen-bond acceptors (Lipinski definition) is 7. The van der Waals surface area contributed by atoms with Crippen LogP contribution in [0, 0.1) is 0 Å². The minimum absolute atomic E-state index is 0.101. The maximum absolute atomic E-state index is 12.8. The second-order valence-corrected chi connectivity index (χ2v) is 8.40. The number of benzene rings is 2. The first-order valence-corrected chi connectivity index (χ1v) is 10.8. The van der Waals surface area contributed by atoms with Gasteiger partial charge in [-0.3, -0.25) is 0 Å². The molecule has 0 fully saturated rings. The maximum Gasteiger partial charge on any atom is 0.336 e. The average molecular weight is 521 g/mol. The molecule has 0 radical (unpaired) electrons. The lowest BCUT2D eigenvalue weighted by atomic mass is 9.83. The van der Waals surface area contributed by atoms with Gasteiger partial charge in [0.2, 0.25) is 6.79 Å². The van der Waals surface area contributed by atoms with Crippen LogP contribution in [0.1, 0.15) is 17.0 Å². The molecule has 0 N–H and O–H groups in total. The summed E-state index contributed by atoms with van der Waals surface area (Å²) in [6.45, 7) is 0.511. The largest absolute Gasteiger partial charge is 0.466 e. The molecule has 9 heteroatoms. The molecule has 2 aromatic carbocycles. The minimum atomic E-state index is -0.736. The number of fused-ring (bicyclic) bond motifs is 1. The molecule has 0 saturated carbocycles. The summed E-state index contributed by atoms with van der Waals surface area (Å²) in [5.41, 5.74) is 2.15. The Morgan fingerprint density at radius 3 is 2.16 bits per heavy atom. The molecule has 0 aliphatic carbocycles. The topological polar surface area (TPSA) is 74.3 Å². The number of methoxy groups -OCH3 is 2. The summed E-state index contributed by atoms with van der Waals surface area (Å²) in [6, 6.07) is 10.8. The molecule has 0 bridgehead atoms. The van der Waals surface area contributed by atoms with Crippen LogP contribution in [0.3, 0.4) is 0 Å². The van der Waals surface area contributed by atoms with Crippen LogP contribution < -0.4 is 9.47 Å². The van der Waals surface area contributed by atoms with E-state index < -0.39 is 17.9 Å². The Morgan fingerprint density at radius 1 is 1.03 bits per heavy atom. The Kier molecular flexibility index (Phi) is 6.43. The van der Waals surface area contributed by atoms with Crippen LogP contribution >= 0.6 is 27.5 Å². The zero-order valence-electron chi connectivity index (χ0n) is 17.3. The van der Waals surface area contributed by atoms with E-state index >= 15 is 0 Å². The van der Waals surface area contributed by atoms with E-state index in [0.29, 0.717) is 33.1 Å². The van der Waals surface area contributed by atoms with Gasteiger partial charge < -0.3 is 23.8 Å². The molecule has 0 saturated heterocycles. The number of nitrogens with zero attached hydrogens (tertiary/aromatic N) is 1. The van der Waals surface area contributed by atoms with E-state index in [2.05, 4.69) is 15.9 Å². The van der Waals surface area contributed by atoms with Crippen molar-refractivity contribution in [2.24, 2.45) is 0 Å². The second kappa shape index (κ2) is 9.26. The summed E-state index contributed by atoms with van der Waals surface area (Å²) < 4.78 is 21.7. The van der Waals surface area contributed by atoms with Gasteiger partial charge in [0.05, 0.1) is 31.3 Å². The van der Waals surface area contributed by atoms with Crippen LogP contribution in [0.2, 0.25) is 5.02 Å². The number of ether oxygens (including phenoxy) is 4. The molecule has 0 amide bonds. The number of esters is 2. The van der Waals surface area contributed by atoms with E-state index in [1.165, 1.54) is 14.2 Å². The van der Waals surface area contributed by atoms with Gasteiger partial charge in [-0.2, -0.15) is 0 Å². The fourth-order valence-electron chi connectivity index (χ4n) is 3.67. The molecule has 166 valence electrons. The predicted octanol–water partition coefficient (Wildman–Crippen LogP) is 4.54. The first-order valence-electron chi connectivity index (χ1n) is 9.60. The van der Waals surface area contributed by atoms with Crippen molar-refractivity contribution >= 4 is 39.5 Å². The highest BCUT2D eigenvalue weighted by atomic mass is 79.9. The van der Waals surface area contributed by atoms with Gasteiger partial charge in [-0.15, -0.1) is 0 Å². The highest BCUT2D eigenvalue weighted by molar-refractivity contribution is 9.10. The zero-order valence-corrected chi connectivity index (χ0v) is 19.6. The van der Waals surface area contributed by atoms with Crippen LogP contribution in [0.15, 0.2) is 64.4 Å². The Morgan fingerprint density at radius 2 is 1.59 bits per heavy atom. The molecule has 2 heterocycles. The molecule has 2 aromatic rings. The SMILES string of the molecule is COC(=O)C1=CN(Cc2ccc(Cl)cc2)C=C(C(=O)OC)C1c1cc2c(cc1Br)OCO2. The van der Waals surface area contributed by atoms with Crippen molar-refractivity contribution in [2.75, 3.05) is 21.0 Å². The van der Waals surface area contributed by atoms with Gasteiger partial charge in [0.1, 0.15) is 0 Å². The fourth-order valence-corrected chi connectivity index (χ4v) is 4.35. The van der Waals surface area contributed by atoms with Crippen LogP contribution in [0.25, 0.3) is 0 Å². The first-order chi connectivity index (χ1) is 15.4. The smallest absolute Gasteiger partial charge is 0.336 e. The summed E-state index contributed by atoms with van der Waals surface area (Å²) in [4.78, 5) is 27.4.